The minimum Gasteiger partial charge on any atom is -0.507 e. The van der Waals surface area contributed by atoms with E-state index in [-0.39, 0.29) is 114 Å². The highest BCUT2D eigenvalue weighted by molar-refractivity contribution is 5.52. The number of rotatable bonds is 33. The number of methoxy groups -OCH3 is 17. The predicted molar refractivity (Wildman–Crippen MR) is 419 cm³/mol. The van der Waals surface area contributed by atoms with E-state index in [1.165, 1.54) is 145 Å². The molecule has 23 saturated heterocycles. The van der Waals surface area contributed by atoms with Crippen molar-refractivity contribution in [3.05, 3.63) is 57.6 Å². The van der Waals surface area contributed by atoms with Crippen LogP contribution in [0.25, 0.3) is 0 Å². The molecule has 2 aromatic rings. The van der Waals surface area contributed by atoms with E-state index in [9.17, 15) is 15.2 Å². The van der Waals surface area contributed by atoms with Gasteiger partial charge in [-0.25, -0.2) is 0 Å². The second-order valence-corrected chi connectivity index (χ2v) is 29.7. The molecule has 704 valence electrons. The van der Waals surface area contributed by atoms with Gasteiger partial charge in [0, 0.05) is 144 Å². The number of benzene rings is 2. The van der Waals surface area contributed by atoms with Crippen molar-refractivity contribution >= 4 is 17.1 Å². The van der Waals surface area contributed by atoms with Gasteiger partial charge >= 0.3 is 0 Å². The summed E-state index contributed by atoms with van der Waals surface area (Å²) in [4.78, 5) is 11.1. The van der Waals surface area contributed by atoms with Crippen LogP contribution >= 0.6 is 0 Å². The van der Waals surface area contributed by atoms with E-state index >= 15 is 0 Å². The van der Waals surface area contributed by atoms with Gasteiger partial charge in [-0.1, -0.05) is 0 Å². The molecule has 0 saturated carbocycles. The Balaban J connectivity index is 1.03. The van der Waals surface area contributed by atoms with Crippen molar-refractivity contribution in [1.82, 2.24) is 0 Å². The molecule has 23 aliphatic rings. The molecule has 0 radical (unpaired) electrons. The topological polar surface area (TPSA) is 430 Å². The predicted octanol–water partition coefficient (Wildman–Crippen LogP) is 2.32. The molecule has 123 heavy (non-hydrogen) atoms. The molecule has 0 amide bonds. The average Bonchev–Trinajstić information content (AvgIpc) is 0.758. The molecule has 23 heterocycles. The summed E-state index contributed by atoms with van der Waals surface area (Å²) >= 11 is 0. The second-order valence-electron chi connectivity index (χ2n) is 29.7. The van der Waals surface area contributed by atoms with E-state index in [2.05, 4.69) is 10.2 Å². The molecule has 2 aromatic carbocycles. The summed E-state index contributed by atoms with van der Waals surface area (Å²) in [6.07, 6.45) is -34.3. The molecule has 12 bridgehead atoms. The SMILES string of the molecule is COCC1OC2OC3C(COC)OC(OC4C(COC)OC(OC5C(COCc6cc(N=Nc7ccc([N+](=O)[O-])cc7)cc(COCC7COCCOCCOCCOCCOCCO7)c6O)OC(OC6C(COC)OC(OC7C(COC)OC(OC1C(OC)C2OC)C(OC)C7OC)C(OC)C6OC)C(OC)C5OC)C(OC)C4OC)C(OC)C3OC. The average molecular weight is 1770 g/mol. The summed E-state index contributed by atoms with van der Waals surface area (Å²) in [5.41, 5.74) is 0.863. The summed E-state index contributed by atoms with van der Waals surface area (Å²) in [6.45, 7) is 2.17. The molecule has 0 aromatic heterocycles. The van der Waals surface area contributed by atoms with E-state index in [4.69, 9.17) is 175 Å². The lowest BCUT2D eigenvalue weighted by molar-refractivity contribution is -0.410. The number of nitro groups is 1. The molecule has 31 unspecified atom stereocenters. The zero-order valence-corrected chi connectivity index (χ0v) is 73.2. The van der Waals surface area contributed by atoms with Gasteiger partial charge < -0.3 is 180 Å². The number of nitrogens with zero attached hydrogens (tertiary/aromatic N) is 3. The van der Waals surface area contributed by atoms with Crippen LogP contribution in [0, 0.1) is 10.1 Å². The van der Waals surface area contributed by atoms with Gasteiger partial charge in [-0.15, -0.1) is 0 Å². The summed E-state index contributed by atoms with van der Waals surface area (Å²) in [5, 5.41) is 33.0. The van der Waals surface area contributed by atoms with Crippen LogP contribution in [-0.2, 0) is 188 Å². The highest BCUT2D eigenvalue weighted by atomic mass is 16.8. The highest BCUT2D eigenvalue weighted by Crippen LogP contribution is 2.43. The maximum absolute atomic E-state index is 12.4. The maximum Gasteiger partial charge on any atom is 0.269 e. The molecule has 25 rings (SSSR count). The first-order valence-corrected chi connectivity index (χ1v) is 40.8. The van der Waals surface area contributed by atoms with E-state index in [1.54, 1.807) is 12.1 Å². The fourth-order valence-corrected chi connectivity index (χ4v) is 16.4. The minimum absolute atomic E-state index is 0.00506. The fourth-order valence-electron chi connectivity index (χ4n) is 16.4. The summed E-state index contributed by atoms with van der Waals surface area (Å²) in [5.74, 6) is -0.225. The summed E-state index contributed by atoms with van der Waals surface area (Å²) in [7, 11) is 25.2. The Kier molecular flexibility index (Phi) is 43.1. The smallest absolute Gasteiger partial charge is 0.269 e. The molecule has 23 aliphatic heterocycles. The molecule has 0 aliphatic carbocycles. The number of non-ortho nitro benzene ring substituents is 1. The van der Waals surface area contributed by atoms with E-state index in [0.29, 0.717) is 51.9 Å². The van der Waals surface area contributed by atoms with Crippen molar-refractivity contribution in [1.29, 1.82) is 0 Å². The monoisotopic (exact) mass is 1770 g/mol. The van der Waals surface area contributed by atoms with E-state index in [1.807, 2.05) is 0 Å². The van der Waals surface area contributed by atoms with Crippen LogP contribution in [0.4, 0.5) is 17.1 Å². The third kappa shape index (κ3) is 26.1. The number of phenols is 1. The molecule has 1 N–H and O–H groups in total. The van der Waals surface area contributed by atoms with Crippen molar-refractivity contribution in [3.8, 4) is 5.75 Å². The highest BCUT2D eigenvalue weighted by Gasteiger charge is 2.62. The van der Waals surface area contributed by atoms with E-state index < -0.39 is 195 Å². The number of nitro benzene ring substituents is 1. The van der Waals surface area contributed by atoms with Crippen LogP contribution in [0.3, 0.4) is 0 Å². The summed E-state index contributed by atoms with van der Waals surface area (Å²) in [6, 6.07) is 8.66. The van der Waals surface area contributed by atoms with Crippen molar-refractivity contribution in [2.24, 2.45) is 10.2 Å². The largest absolute Gasteiger partial charge is 0.507 e. The third-order valence-corrected chi connectivity index (χ3v) is 22.3. The zero-order valence-electron chi connectivity index (χ0n) is 73.2. The lowest BCUT2D eigenvalue weighted by Gasteiger charge is -2.53. The molecule has 23 fully saturated rings. The third-order valence-electron chi connectivity index (χ3n) is 22.3. The Labute approximate surface area is 716 Å². The minimum atomic E-state index is -1.42. The van der Waals surface area contributed by atoms with Crippen LogP contribution in [0.15, 0.2) is 46.6 Å². The lowest BCUT2D eigenvalue weighted by atomic mass is 9.94. The number of phenolic OH excluding ortho intramolecular Hbond substituents is 1. The second kappa shape index (κ2) is 52.6. The van der Waals surface area contributed by atoms with Crippen LogP contribution < -0.4 is 0 Å². The van der Waals surface area contributed by atoms with Gasteiger partial charge in [0.1, 0.15) is 158 Å². The zero-order chi connectivity index (χ0) is 87.9. The van der Waals surface area contributed by atoms with Crippen LogP contribution in [0.5, 0.6) is 5.75 Å². The van der Waals surface area contributed by atoms with Gasteiger partial charge in [-0.05, 0) is 24.3 Å². The van der Waals surface area contributed by atoms with Crippen molar-refractivity contribution in [2.45, 2.75) is 204 Å². The quantitative estimate of drug-likeness (QED) is 0.0608. The lowest BCUT2D eigenvalue weighted by Crippen LogP contribution is -2.70. The Morgan fingerprint density at radius 1 is 0.325 bits per heavy atom. The van der Waals surface area contributed by atoms with Gasteiger partial charge in [0.05, 0.1) is 148 Å². The van der Waals surface area contributed by atoms with Gasteiger partial charge in [-0.3, -0.25) is 10.1 Å². The van der Waals surface area contributed by atoms with Gasteiger partial charge in [0.25, 0.3) is 5.69 Å². The number of aromatic hydroxyl groups is 1. The van der Waals surface area contributed by atoms with Gasteiger partial charge in [0.2, 0.25) is 0 Å². The Bertz CT molecular complexity index is 3290. The fraction of sp³-hybridized carbons (Fsp3) is 0.850. The summed E-state index contributed by atoms with van der Waals surface area (Å²) < 4.78 is 238. The van der Waals surface area contributed by atoms with Gasteiger partial charge in [0.15, 0.2) is 37.7 Å². The Morgan fingerprint density at radius 2 is 0.577 bits per heavy atom. The molecule has 43 nitrogen and oxygen atoms in total. The Hall–Kier alpha value is -4.24. The first-order chi connectivity index (χ1) is 60.0. The Morgan fingerprint density at radius 3 is 0.846 bits per heavy atom. The van der Waals surface area contributed by atoms with E-state index in [0.717, 1.165) is 0 Å². The molecular weight excluding hydrogens is 1640 g/mol. The van der Waals surface area contributed by atoms with Crippen LogP contribution in [-0.4, -0.2) is 440 Å². The number of azo groups is 1. The molecular formula is C80H129N3O40. The van der Waals surface area contributed by atoms with Crippen LogP contribution in [0.2, 0.25) is 0 Å². The van der Waals surface area contributed by atoms with Crippen molar-refractivity contribution in [2.75, 3.05) is 240 Å². The maximum atomic E-state index is 12.4. The number of hydrogen-bond acceptors (Lipinski definition) is 42. The van der Waals surface area contributed by atoms with Crippen molar-refractivity contribution in [3.63, 3.8) is 0 Å². The van der Waals surface area contributed by atoms with Crippen molar-refractivity contribution < 1.29 is 185 Å². The number of ether oxygens (including phenoxy) is 37. The number of hydrogen-bond donors (Lipinski definition) is 1. The molecule has 31 atom stereocenters. The molecule has 43 heteroatoms. The first-order valence-electron chi connectivity index (χ1n) is 40.8. The normalized spacial score (nSPS) is 37.7. The van der Waals surface area contributed by atoms with Crippen LogP contribution in [0.1, 0.15) is 11.1 Å². The molecule has 0 spiro atoms. The standard InChI is InChI=1S/C80H129N3O40/c1-87-38-50-57-63(92-6)69(98-12)75(112-50)119-58-51(39-88-2)114-77(71(100-14)64(58)93-7)121-60-53(41-90-4)116-79(73(102-16)66(60)95-9)123-62-55(117-80(74(103-17)68(62)97-11)122-61-54(42-91-5)115-78(72(101-15)67(61)96-10)120-59-52(40-89-3)113-76(118-57)70(99-13)65(59)94-8)43-110-35-45-33-47(82-81-46-18-20-48(21-19-46)83(85)86)32-44(56(45)84)34-109-37-49-36-108-29-28-106-25-24-104-22-23-105-26-27-107-30-31-111-49/h18-21,32-33,49-55,57-80,84H,22-31,34-43H2,1-17H3. The first kappa shape index (κ1) is 101. The van der Waals surface area contributed by atoms with Gasteiger partial charge in [-0.2, -0.15) is 10.2 Å².